The molecule has 0 unspecified atom stereocenters. The van der Waals surface area contributed by atoms with Crippen molar-refractivity contribution < 1.29 is 18.4 Å². The molecule has 2 aromatic rings. The molecule has 1 saturated heterocycles. The standard InChI is InChI=1S/C17H14ClF2N3O2/c1-10-4-12(18)6-21-17(10)23-9-15(24)22(8-16(23)25)7-11-2-3-13(19)14(20)5-11/h2-6H,7-9H2,1H3. The normalized spacial score (nSPS) is 15.0. The van der Waals surface area contributed by atoms with Gasteiger partial charge in [0.15, 0.2) is 11.6 Å². The van der Waals surface area contributed by atoms with Gasteiger partial charge in [0.2, 0.25) is 11.8 Å². The van der Waals surface area contributed by atoms with Crippen LogP contribution >= 0.6 is 11.6 Å². The van der Waals surface area contributed by atoms with E-state index in [9.17, 15) is 18.4 Å². The van der Waals surface area contributed by atoms with Crippen LogP contribution in [0, 0.1) is 18.6 Å². The van der Waals surface area contributed by atoms with E-state index in [1.54, 1.807) is 13.0 Å². The van der Waals surface area contributed by atoms with Gasteiger partial charge in [-0.05, 0) is 36.2 Å². The van der Waals surface area contributed by atoms with E-state index in [1.807, 2.05) is 0 Å². The van der Waals surface area contributed by atoms with E-state index in [4.69, 9.17) is 11.6 Å². The Kier molecular flexibility index (Phi) is 4.67. The van der Waals surface area contributed by atoms with Crippen LogP contribution in [0.25, 0.3) is 0 Å². The molecule has 8 heteroatoms. The van der Waals surface area contributed by atoms with Gasteiger partial charge in [0.1, 0.15) is 18.9 Å². The maximum Gasteiger partial charge on any atom is 0.248 e. The summed E-state index contributed by atoms with van der Waals surface area (Å²) in [4.78, 5) is 31.5. The minimum atomic E-state index is -0.990. The molecule has 5 nitrogen and oxygen atoms in total. The molecule has 0 spiro atoms. The van der Waals surface area contributed by atoms with Crippen LogP contribution in [0.1, 0.15) is 11.1 Å². The number of aromatic nitrogens is 1. The number of pyridine rings is 1. The second kappa shape index (κ2) is 6.76. The van der Waals surface area contributed by atoms with Crippen LogP contribution in [0.2, 0.25) is 5.02 Å². The van der Waals surface area contributed by atoms with Crippen LogP contribution in [0.15, 0.2) is 30.5 Å². The second-order valence-corrected chi connectivity index (χ2v) is 6.21. The molecule has 25 heavy (non-hydrogen) atoms. The van der Waals surface area contributed by atoms with Gasteiger partial charge in [-0.3, -0.25) is 14.5 Å². The molecule has 2 amide bonds. The molecule has 0 N–H and O–H groups in total. The Bertz CT molecular complexity index is 860. The van der Waals surface area contributed by atoms with Crippen LogP contribution in [0.4, 0.5) is 14.6 Å². The van der Waals surface area contributed by atoms with Gasteiger partial charge in [0, 0.05) is 12.7 Å². The zero-order valence-corrected chi connectivity index (χ0v) is 14.1. The molecule has 2 heterocycles. The number of carbonyl (C=O) groups excluding carboxylic acids is 2. The van der Waals surface area contributed by atoms with Crippen molar-refractivity contribution in [1.82, 2.24) is 9.88 Å². The summed E-state index contributed by atoms with van der Waals surface area (Å²) in [5.74, 6) is -2.17. The first kappa shape index (κ1) is 17.3. The lowest BCUT2D eigenvalue weighted by atomic mass is 10.1. The SMILES string of the molecule is Cc1cc(Cl)cnc1N1CC(=O)N(Cc2ccc(F)c(F)c2)CC1=O. The predicted octanol–water partition coefficient (Wildman–Crippen LogP) is 2.70. The lowest BCUT2D eigenvalue weighted by molar-refractivity contribution is -0.138. The fourth-order valence-corrected chi connectivity index (χ4v) is 2.88. The quantitative estimate of drug-likeness (QED) is 0.840. The Hall–Kier alpha value is -2.54. The molecule has 130 valence electrons. The molecule has 1 fully saturated rings. The van der Waals surface area contributed by atoms with Crippen LogP contribution in [0.3, 0.4) is 0 Å². The molecule has 0 radical (unpaired) electrons. The molecule has 1 aliphatic heterocycles. The summed E-state index contributed by atoms with van der Waals surface area (Å²) < 4.78 is 26.3. The maximum atomic E-state index is 13.3. The van der Waals surface area contributed by atoms with Crippen molar-refractivity contribution in [2.45, 2.75) is 13.5 Å². The van der Waals surface area contributed by atoms with Crippen LogP contribution in [0.5, 0.6) is 0 Å². The zero-order valence-electron chi connectivity index (χ0n) is 13.3. The number of halogens is 3. The number of hydrogen-bond acceptors (Lipinski definition) is 3. The van der Waals surface area contributed by atoms with Crippen LogP contribution in [-0.4, -0.2) is 34.8 Å². The van der Waals surface area contributed by atoms with E-state index in [0.717, 1.165) is 12.1 Å². The first-order valence-electron chi connectivity index (χ1n) is 7.49. The number of carbonyl (C=O) groups is 2. The first-order chi connectivity index (χ1) is 11.8. The highest BCUT2D eigenvalue weighted by Gasteiger charge is 2.32. The monoisotopic (exact) mass is 365 g/mol. The molecular formula is C17H14ClF2N3O2. The van der Waals surface area contributed by atoms with Crippen molar-refractivity contribution >= 4 is 29.2 Å². The van der Waals surface area contributed by atoms with Gasteiger partial charge in [-0.1, -0.05) is 17.7 Å². The van der Waals surface area contributed by atoms with Crippen molar-refractivity contribution in [3.8, 4) is 0 Å². The molecule has 3 rings (SSSR count). The Balaban J connectivity index is 1.76. The number of aryl methyl sites for hydroxylation is 1. The number of amides is 2. The summed E-state index contributed by atoms with van der Waals surface area (Å²) in [5.41, 5.74) is 1.09. The Morgan fingerprint density at radius 1 is 1.12 bits per heavy atom. The van der Waals surface area contributed by atoms with Crippen molar-refractivity contribution in [2.75, 3.05) is 18.0 Å². The van der Waals surface area contributed by atoms with E-state index in [2.05, 4.69) is 4.98 Å². The first-order valence-corrected chi connectivity index (χ1v) is 7.87. The molecule has 1 aliphatic rings. The minimum Gasteiger partial charge on any atom is -0.327 e. The summed E-state index contributed by atoms with van der Waals surface area (Å²) in [5, 5.41) is 0.442. The second-order valence-electron chi connectivity index (χ2n) is 5.77. The molecule has 1 aromatic heterocycles. The number of piperazine rings is 1. The van der Waals surface area contributed by atoms with E-state index in [0.29, 0.717) is 22.0 Å². The van der Waals surface area contributed by atoms with Gasteiger partial charge in [-0.25, -0.2) is 13.8 Å². The van der Waals surface area contributed by atoms with Gasteiger partial charge < -0.3 is 4.90 Å². The minimum absolute atomic E-state index is 0.0304. The van der Waals surface area contributed by atoms with Crippen LogP contribution < -0.4 is 4.90 Å². The van der Waals surface area contributed by atoms with E-state index in [-0.39, 0.29) is 31.4 Å². The average molecular weight is 366 g/mol. The zero-order chi connectivity index (χ0) is 18.1. The number of benzene rings is 1. The average Bonchev–Trinajstić information content (AvgIpc) is 2.54. The largest absolute Gasteiger partial charge is 0.327 e. The third kappa shape index (κ3) is 3.61. The summed E-state index contributed by atoms with van der Waals surface area (Å²) in [6.45, 7) is 1.45. The fourth-order valence-electron chi connectivity index (χ4n) is 2.67. The molecule has 0 bridgehead atoms. The highest BCUT2D eigenvalue weighted by atomic mass is 35.5. The highest BCUT2D eigenvalue weighted by molar-refractivity contribution is 6.30. The van der Waals surface area contributed by atoms with Crippen molar-refractivity contribution in [1.29, 1.82) is 0 Å². The van der Waals surface area contributed by atoms with Gasteiger partial charge in [0.25, 0.3) is 0 Å². The van der Waals surface area contributed by atoms with E-state index >= 15 is 0 Å². The van der Waals surface area contributed by atoms with E-state index < -0.39 is 11.6 Å². The van der Waals surface area contributed by atoms with Crippen molar-refractivity contribution in [3.05, 3.63) is 58.2 Å². The molecule has 1 aromatic carbocycles. The molecule has 0 atom stereocenters. The summed E-state index contributed by atoms with van der Waals surface area (Å²) in [7, 11) is 0. The number of anilines is 1. The van der Waals surface area contributed by atoms with Gasteiger partial charge in [-0.2, -0.15) is 0 Å². The lowest BCUT2D eigenvalue weighted by Crippen LogP contribution is -2.54. The Morgan fingerprint density at radius 3 is 2.56 bits per heavy atom. The lowest BCUT2D eigenvalue weighted by Gasteiger charge is -2.34. The van der Waals surface area contributed by atoms with Crippen molar-refractivity contribution in [3.63, 3.8) is 0 Å². The molecule has 0 aliphatic carbocycles. The van der Waals surface area contributed by atoms with Gasteiger partial charge in [-0.15, -0.1) is 0 Å². The van der Waals surface area contributed by atoms with Gasteiger partial charge >= 0.3 is 0 Å². The van der Waals surface area contributed by atoms with Crippen molar-refractivity contribution in [2.24, 2.45) is 0 Å². The summed E-state index contributed by atoms with van der Waals surface area (Å²) >= 11 is 5.86. The number of hydrogen-bond donors (Lipinski definition) is 0. The third-order valence-corrected chi connectivity index (χ3v) is 4.11. The Morgan fingerprint density at radius 2 is 1.88 bits per heavy atom. The summed E-state index contributed by atoms with van der Waals surface area (Å²) in [6.07, 6.45) is 1.41. The fraction of sp³-hybridized carbons (Fsp3) is 0.235. The summed E-state index contributed by atoms with van der Waals surface area (Å²) in [6, 6.07) is 5.06. The van der Waals surface area contributed by atoms with Crippen LogP contribution in [-0.2, 0) is 16.1 Å². The van der Waals surface area contributed by atoms with Gasteiger partial charge in [0.05, 0.1) is 5.02 Å². The predicted molar refractivity (Wildman–Crippen MR) is 88.1 cm³/mol. The molecule has 0 saturated carbocycles. The number of nitrogens with zero attached hydrogens (tertiary/aromatic N) is 3. The highest BCUT2D eigenvalue weighted by Crippen LogP contribution is 2.23. The Labute approximate surface area is 147 Å². The third-order valence-electron chi connectivity index (χ3n) is 3.90. The topological polar surface area (TPSA) is 53.5 Å². The maximum absolute atomic E-state index is 13.3. The van der Waals surface area contributed by atoms with E-state index in [1.165, 1.54) is 22.1 Å². The molecular weight excluding hydrogens is 352 g/mol. The number of rotatable bonds is 3. The smallest absolute Gasteiger partial charge is 0.248 e.